The van der Waals surface area contributed by atoms with E-state index in [2.05, 4.69) is 21.4 Å². The summed E-state index contributed by atoms with van der Waals surface area (Å²) in [7, 11) is 0. The predicted molar refractivity (Wildman–Crippen MR) is 74.3 cm³/mol. The van der Waals surface area contributed by atoms with E-state index >= 15 is 0 Å². The standard InChI is InChI=1S/C14H8ClN5/c15-13-4-5-17-8-12(13)14-9-20(19-18-14)11-3-1-2-10(6-11)7-16/h1-6,8-9H. The second-order valence-corrected chi connectivity index (χ2v) is 4.47. The highest BCUT2D eigenvalue weighted by Crippen LogP contribution is 2.25. The third-order valence-electron chi connectivity index (χ3n) is 2.78. The first-order chi connectivity index (χ1) is 9.78. The van der Waals surface area contributed by atoms with Crippen LogP contribution in [0.3, 0.4) is 0 Å². The van der Waals surface area contributed by atoms with E-state index in [9.17, 15) is 0 Å². The van der Waals surface area contributed by atoms with Crippen molar-refractivity contribution in [1.82, 2.24) is 20.0 Å². The monoisotopic (exact) mass is 281 g/mol. The summed E-state index contributed by atoms with van der Waals surface area (Å²) in [5.74, 6) is 0. The third kappa shape index (κ3) is 2.25. The summed E-state index contributed by atoms with van der Waals surface area (Å²) >= 11 is 6.10. The molecule has 2 aromatic heterocycles. The third-order valence-corrected chi connectivity index (χ3v) is 3.11. The zero-order chi connectivity index (χ0) is 13.9. The Morgan fingerprint density at radius 2 is 2.15 bits per heavy atom. The number of aromatic nitrogens is 4. The van der Waals surface area contributed by atoms with Crippen LogP contribution < -0.4 is 0 Å². The van der Waals surface area contributed by atoms with Crippen molar-refractivity contribution >= 4 is 11.6 Å². The molecule has 0 saturated heterocycles. The van der Waals surface area contributed by atoms with E-state index in [4.69, 9.17) is 16.9 Å². The Labute approximate surface area is 120 Å². The van der Waals surface area contributed by atoms with Gasteiger partial charge in [0.2, 0.25) is 0 Å². The minimum absolute atomic E-state index is 0.567. The molecule has 1 aromatic carbocycles. The average molecular weight is 282 g/mol. The molecule has 0 aliphatic rings. The molecule has 0 amide bonds. The highest BCUT2D eigenvalue weighted by Gasteiger charge is 2.09. The van der Waals surface area contributed by atoms with Gasteiger partial charge in [0.25, 0.3) is 0 Å². The summed E-state index contributed by atoms with van der Waals surface area (Å²) < 4.78 is 1.60. The number of hydrogen-bond donors (Lipinski definition) is 0. The SMILES string of the molecule is N#Cc1cccc(-n2cc(-c3cnccc3Cl)nn2)c1. The number of halogens is 1. The van der Waals surface area contributed by atoms with Crippen LogP contribution in [0.25, 0.3) is 16.9 Å². The van der Waals surface area contributed by atoms with Crippen LogP contribution in [0.15, 0.2) is 48.9 Å². The van der Waals surface area contributed by atoms with Crippen molar-refractivity contribution in [2.24, 2.45) is 0 Å². The molecule has 5 nitrogen and oxygen atoms in total. The van der Waals surface area contributed by atoms with Gasteiger partial charge in [-0.1, -0.05) is 22.9 Å². The quantitative estimate of drug-likeness (QED) is 0.724. The Hall–Kier alpha value is -2.71. The lowest BCUT2D eigenvalue weighted by Gasteiger charge is -1.99. The summed E-state index contributed by atoms with van der Waals surface area (Å²) in [6.07, 6.45) is 5.01. The minimum atomic E-state index is 0.567. The van der Waals surface area contributed by atoms with Crippen molar-refractivity contribution in [3.63, 3.8) is 0 Å². The molecule has 2 heterocycles. The van der Waals surface area contributed by atoms with Crippen LogP contribution in [0.2, 0.25) is 5.02 Å². The zero-order valence-corrected chi connectivity index (χ0v) is 11.0. The van der Waals surface area contributed by atoms with Gasteiger partial charge < -0.3 is 0 Å². The van der Waals surface area contributed by atoms with Crippen molar-refractivity contribution in [3.8, 4) is 23.0 Å². The van der Waals surface area contributed by atoms with E-state index in [0.717, 1.165) is 11.3 Å². The zero-order valence-electron chi connectivity index (χ0n) is 10.2. The van der Waals surface area contributed by atoms with Gasteiger partial charge in [-0.3, -0.25) is 4.98 Å². The number of rotatable bonds is 2. The van der Waals surface area contributed by atoms with E-state index in [1.54, 1.807) is 47.5 Å². The molecule has 0 atom stereocenters. The van der Waals surface area contributed by atoms with Crippen LogP contribution in [0.1, 0.15) is 5.56 Å². The van der Waals surface area contributed by atoms with Gasteiger partial charge in [0.15, 0.2) is 0 Å². The maximum absolute atomic E-state index is 8.91. The second-order valence-electron chi connectivity index (χ2n) is 4.07. The van der Waals surface area contributed by atoms with Crippen LogP contribution in [0, 0.1) is 11.3 Å². The van der Waals surface area contributed by atoms with E-state index < -0.39 is 0 Å². The topological polar surface area (TPSA) is 67.4 Å². The Bertz CT molecular complexity index is 803. The van der Waals surface area contributed by atoms with Crippen LogP contribution >= 0.6 is 11.6 Å². The highest BCUT2D eigenvalue weighted by atomic mass is 35.5. The van der Waals surface area contributed by atoms with Crippen LogP contribution in [0.5, 0.6) is 0 Å². The number of hydrogen-bond acceptors (Lipinski definition) is 4. The molecule has 96 valence electrons. The van der Waals surface area contributed by atoms with Gasteiger partial charge >= 0.3 is 0 Å². The maximum Gasteiger partial charge on any atom is 0.116 e. The fourth-order valence-electron chi connectivity index (χ4n) is 1.80. The predicted octanol–water partition coefficient (Wildman–Crippen LogP) is 2.85. The molecule has 0 bridgehead atoms. The van der Waals surface area contributed by atoms with Crippen molar-refractivity contribution in [2.75, 3.05) is 0 Å². The van der Waals surface area contributed by atoms with E-state index in [1.165, 1.54) is 0 Å². The summed E-state index contributed by atoms with van der Waals surface area (Å²) in [5, 5.41) is 17.6. The highest BCUT2D eigenvalue weighted by molar-refractivity contribution is 6.33. The molecular formula is C14H8ClN5. The Morgan fingerprint density at radius 3 is 2.95 bits per heavy atom. The maximum atomic E-state index is 8.91. The lowest BCUT2D eigenvalue weighted by Crippen LogP contribution is -1.94. The van der Waals surface area contributed by atoms with Crippen LogP contribution in [-0.4, -0.2) is 20.0 Å². The molecule has 0 unspecified atom stereocenters. The van der Waals surface area contributed by atoms with Crippen LogP contribution in [0.4, 0.5) is 0 Å². The van der Waals surface area contributed by atoms with Gasteiger partial charge in [-0.15, -0.1) is 5.10 Å². The summed E-state index contributed by atoms with van der Waals surface area (Å²) in [6.45, 7) is 0. The van der Waals surface area contributed by atoms with Crippen molar-refractivity contribution in [3.05, 3.63) is 59.5 Å². The lowest BCUT2D eigenvalue weighted by molar-refractivity contribution is 0.803. The fraction of sp³-hybridized carbons (Fsp3) is 0. The van der Waals surface area contributed by atoms with Gasteiger partial charge in [0.05, 0.1) is 28.5 Å². The molecule has 0 aliphatic heterocycles. The Kier molecular flexibility index (Phi) is 3.15. The molecule has 0 saturated carbocycles. The van der Waals surface area contributed by atoms with Gasteiger partial charge in [-0.05, 0) is 24.3 Å². The number of nitriles is 1. The lowest BCUT2D eigenvalue weighted by atomic mass is 10.2. The molecule has 0 aliphatic carbocycles. The molecule has 20 heavy (non-hydrogen) atoms. The Balaban J connectivity index is 2.02. The van der Waals surface area contributed by atoms with Gasteiger partial charge in [0.1, 0.15) is 5.69 Å². The molecule has 3 aromatic rings. The second kappa shape index (κ2) is 5.11. The molecule has 0 fully saturated rings. The fourth-order valence-corrected chi connectivity index (χ4v) is 2.00. The van der Waals surface area contributed by atoms with Crippen molar-refractivity contribution < 1.29 is 0 Å². The molecule has 0 N–H and O–H groups in total. The molecule has 3 rings (SSSR count). The summed E-state index contributed by atoms with van der Waals surface area (Å²) in [6, 6.07) is 10.9. The first kappa shape index (κ1) is 12.3. The number of pyridine rings is 1. The molecule has 6 heteroatoms. The molecular weight excluding hydrogens is 274 g/mol. The van der Waals surface area contributed by atoms with Crippen molar-refractivity contribution in [2.45, 2.75) is 0 Å². The van der Waals surface area contributed by atoms with E-state index in [1.807, 2.05) is 6.07 Å². The smallest absolute Gasteiger partial charge is 0.116 e. The summed E-state index contributed by atoms with van der Waals surface area (Å²) in [5.41, 5.74) is 2.68. The molecule has 0 radical (unpaired) electrons. The average Bonchev–Trinajstić information content (AvgIpc) is 2.97. The molecule has 0 spiro atoms. The first-order valence-corrected chi connectivity index (χ1v) is 6.18. The van der Waals surface area contributed by atoms with E-state index in [0.29, 0.717) is 16.3 Å². The Morgan fingerprint density at radius 1 is 1.25 bits per heavy atom. The normalized spacial score (nSPS) is 10.2. The number of benzene rings is 1. The minimum Gasteiger partial charge on any atom is -0.264 e. The largest absolute Gasteiger partial charge is 0.264 e. The van der Waals surface area contributed by atoms with Gasteiger partial charge in [-0.2, -0.15) is 5.26 Å². The van der Waals surface area contributed by atoms with Crippen LogP contribution in [-0.2, 0) is 0 Å². The summed E-state index contributed by atoms with van der Waals surface area (Å²) in [4.78, 5) is 4.03. The number of nitrogens with zero attached hydrogens (tertiary/aromatic N) is 5. The van der Waals surface area contributed by atoms with Gasteiger partial charge in [0, 0.05) is 18.0 Å². The van der Waals surface area contributed by atoms with E-state index in [-0.39, 0.29) is 0 Å². The van der Waals surface area contributed by atoms with Crippen molar-refractivity contribution in [1.29, 1.82) is 5.26 Å². The van der Waals surface area contributed by atoms with Gasteiger partial charge in [-0.25, -0.2) is 4.68 Å². The first-order valence-electron chi connectivity index (χ1n) is 5.81.